The summed E-state index contributed by atoms with van der Waals surface area (Å²) in [5, 5.41) is 15.3. The largest absolute Gasteiger partial charge is 0.477 e. The van der Waals surface area contributed by atoms with Crippen molar-refractivity contribution < 1.29 is 33.9 Å². The number of amides is 3. The Morgan fingerprint density at radius 1 is 1.45 bits per heavy atom. The number of carboxylic acid groups (broad SMARTS) is 1. The van der Waals surface area contributed by atoms with E-state index in [0.29, 0.717) is 3.79 Å². The predicted molar refractivity (Wildman–Crippen MR) is 113 cm³/mol. The highest BCUT2D eigenvalue weighted by molar-refractivity contribution is 9.11. The molecule has 13 nitrogen and oxygen atoms in total. The Balaban J connectivity index is 1.79. The highest BCUT2D eigenvalue weighted by atomic mass is 79.9. The van der Waals surface area contributed by atoms with Crippen molar-refractivity contribution in [2.75, 3.05) is 25.2 Å². The van der Waals surface area contributed by atoms with Crippen LogP contribution in [0.2, 0.25) is 0 Å². The number of fused-ring (bicyclic) bond motifs is 1. The van der Waals surface area contributed by atoms with Gasteiger partial charge >= 0.3 is 12.1 Å². The number of anilines is 1. The first-order chi connectivity index (χ1) is 14.6. The Hall–Kier alpha value is -2.85. The van der Waals surface area contributed by atoms with Crippen molar-refractivity contribution in [3.63, 3.8) is 0 Å². The number of hydrogen-bond acceptors (Lipinski definition) is 11. The first-order valence-electron chi connectivity index (χ1n) is 8.32. The summed E-state index contributed by atoms with van der Waals surface area (Å²) in [5.41, 5.74) is 10.4. The van der Waals surface area contributed by atoms with Crippen LogP contribution in [0.3, 0.4) is 0 Å². The molecule has 1 unspecified atom stereocenters. The molecule has 2 aliphatic rings. The second-order valence-corrected chi connectivity index (χ2v) is 9.48. The summed E-state index contributed by atoms with van der Waals surface area (Å²) in [7, 11) is 1.24. The lowest BCUT2D eigenvalue weighted by Gasteiger charge is -2.49. The van der Waals surface area contributed by atoms with Crippen LogP contribution >= 0.6 is 39.0 Å². The number of aliphatic carboxylic acids is 1. The second-order valence-electron chi connectivity index (χ2n) is 6.02. The molecule has 1 fully saturated rings. The van der Waals surface area contributed by atoms with Gasteiger partial charge in [0.15, 0.2) is 10.8 Å². The zero-order chi connectivity index (χ0) is 22.9. The number of nitrogens with zero attached hydrogens (tertiary/aromatic N) is 3. The molecule has 2 aliphatic heterocycles. The van der Waals surface area contributed by atoms with Crippen LogP contribution in [0.25, 0.3) is 0 Å². The van der Waals surface area contributed by atoms with E-state index in [-0.39, 0.29) is 40.2 Å². The van der Waals surface area contributed by atoms with E-state index in [1.54, 1.807) is 0 Å². The van der Waals surface area contributed by atoms with Crippen LogP contribution in [-0.4, -0.2) is 75.5 Å². The molecule has 0 aromatic carbocycles. The maximum absolute atomic E-state index is 12.8. The number of hydrogen-bond donors (Lipinski definition) is 4. The number of rotatable bonds is 7. The number of nitrogen functional groups attached to an aromatic ring is 1. The molecule has 0 radical (unpaired) electrons. The van der Waals surface area contributed by atoms with Crippen molar-refractivity contribution in [3.8, 4) is 0 Å². The lowest BCUT2D eigenvalue weighted by Crippen LogP contribution is -2.71. The fourth-order valence-electron chi connectivity index (χ4n) is 2.91. The van der Waals surface area contributed by atoms with E-state index in [2.05, 4.69) is 36.1 Å². The molecule has 0 spiro atoms. The number of carbonyl (C=O) groups excluding carboxylic acids is 3. The number of carboxylic acids is 1. The molecule has 3 rings (SSSR count). The number of primary amides is 1. The highest BCUT2D eigenvalue weighted by Crippen LogP contribution is 2.40. The van der Waals surface area contributed by atoms with Gasteiger partial charge in [-0.05, 0) is 15.9 Å². The van der Waals surface area contributed by atoms with Crippen LogP contribution in [0.4, 0.5) is 9.93 Å². The van der Waals surface area contributed by atoms with Gasteiger partial charge in [-0.1, -0.05) is 16.5 Å². The van der Waals surface area contributed by atoms with Crippen molar-refractivity contribution in [1.82, 2.24) is 15.2 Å². The number of carbonyl (C=O) groups is 4. The SMILES string of the molecule is CO/N=C(\C(=O)NC1C(=O)N2C(C(=O)O)=C(COC(N)=O)CS[C@H]12)c1nc(N)sc1Br. The van der Waals surface area contributed by atoms with Crippen LogP contribution in [-0.2, 0) is 24.0 Å². The minimum atomic E-state index is -1.37. The van der Waals surface area contributed by atoms with Gasteiger partial charge in [-0.2, -0.15) is 0 Å². The third-order valence-electron chi connectivity index (χ3n) is 4.15. The normalized spacial score (nSPS) is 20.6. The number of thioether (sulfide) groups is 1. The van der Waals surface area contributed by atoms with Crippen LogP contribution in [0.1, 0.15) is 5.69 Å². The van der Waals surface area contributed by atoms with Crippen LogP contribution in [0, 0.1) is 0 Å². The van der Waals surface area contributed by atoms with E-state index in [1.807, 2.05) is 0 Å². The molecule has 3 heterocycles. The average Bonchev–Trinajstić information content (AvgIpc) is 3.04. The van der Waals surface area contributed by atoms with Gasteiger partial charge in [0.1, 0.15) is 40.3 Å². The maximum atomic E-state index is 12.8. The van der Waals surface area contributed by atoms with E-state index in [4.69, 9.17) is 16.3 Å². The van der Waals surface area contributed by atoms with E-state index >= 15 is 0 Å². The van der Waals surface area contributed by atoms with Crippen molar-refractivity contribution in [2.45, 2.75) is 11.4 Å². The zero-order valence-corrected chi connectivity index (χ0v) is 18.9. The first-order valence-corrected chi connectivity index (χ1v) is 11.0. The molecule has 0 saturated carbocycles. The third-order valence-corrected chi connectivity index (χ3v) is 7.02. The average molecular weight is 535 g/mol. The molecular formula is C15H15BrN6O7S2. The van der Waals surface area contributed by atoms with Crippen LogP contribution in [0.5, 0.6) is 0 Å². The zero-order valence-electron chi connectivity index (χ0n) is 15.7. The van der Waals surface area contributed by atoms with Crippen LogP contribution < -0.4 is 16.8 Å². The first kappa shape index (κ1) is 22.8. The molecule has 6 N–H and O–H groups in total. The Labute approximate surface area is 190 Å². The Kier molecular flexibility index (Phi) is 6.71. The summed E-state index contributed by atoms with van der Waals surface area (Å²) in [5.74, 6) is -2.61. The minimum absolute atomic E-state index is 0.138. The molecule has 166 valence electrons. The standard InChI is InChI=1S/C15H15BrN6O7S2/c1-28-21-6(5-9(16)31-14(17)20-5)10(23)19-7-11(24)22-8(13(25)26)4(2-29-15(18)27)3-30-12(7)22/h7,12H,2-3H2,1H3,(H2,17,20)(H2,18,27)(H,19,23)(H,25,26)/b21-6-/t7?,12-/m1/s1. The van der Waals surface area contributed by atoms with Gasteiger partial charge in [0.25, 0.3) is 11.8 Å². The molecular weight excluding hydrogens is 520 g/mol. The number of halogens is 1. The lowest BCUT2D eigenvalue weighted by molar-refractivity contribution is -0.150. The summed E-state index contributed by atoms with van der Waals surface area (Å²) in [6, 6.07) is -1.01. The molecule has 2 atom stereocenters. The maximum Gasteiger partial charge on any atom is 0.404 e. The minimum Gasteiger partial charge on any atom is -0.477 e. The quantitative estimate of drug-likeness (QED) is 0.204. The topological polar surface area (TPSA) is 200 Å². The number of nitrogens with two attached hydrogens (primary N) is 2. The number of thiazole rings is 1. The van der Waals surface area contributed by atoms with Gasteiger partial charge in [-0.3, -0.25) is 14.5 Å². The van der Waals surface area contributed by atoms with Gasteiger partial charge in [0, 0.05) is 11.3 Å². The summed E-state index contributed by atoms with van der Waals surface area (Å²) < 4.78 is 5.11. The van der Waals surface area contributed by atoms with E-state index in [0.717, 1.165) is 16.2 Å². The predicted octanol–water partition coefficient (Wildman–Crippen LogP) is -0.328. The summed E-state index contributed by atoms with van der Waals surface area (Å²) in [4.78, 5) is 57.8. The fraction of sp³-hybridized carbons (Fsp3) is 0.333. The van der Waals surface area contributed by atoms with Crippen molar-refractivity contribution in [1.29, 1.82) is 0 Å². The number of nitrogens with one attached hydrogen (secondary N) is 1. The smallest absolute Gasteiger partial charge is 0.404 e. The lowest BCUT2D eigenvalue weighted by atomic mass is 10.0. The molecule has 31 heavy (non-hydrogen) atoms. The van der Waals surface area contributed by atoms with Gasteiger partial charge in [-0.25, -0.2) is 14.6 Å². The Morgan fingerprint density at radius 3 is 2.71 bits per heavy atom. The van der Waals surface area contributed by atoms with Gasteiger partial charge < -0.3 is 31.5 Å². The van der Waals surface area contributed by atoms with Crippen molar-refractivity contribution in [2.24, 2.45) is 10.9 Å². The van der Waals surface area contributed by atoms with Gasteiger partial charge in [0.2, 0.25) is 0 Å². The molecule has 0 aliphatic carbocycles. The molecule has 3 amide bonds. The van der Waals surface area contributed by atoms with Crippen LogP contribution in [0.15, 0.2) is 20.2 Å². The van der Waals surface area contributed by atoms with Gasteiger partial charge in [-0.15, -0.1) is 11.8 Å². The summed E-state index contributed by atoms with van der Waals surface area (Å²) in [6.45, 7) is -0.360. The molecule has 1 aromatic heterocycles. The van der Waals surface area contributed by atoms with E-state index in [1.165, 1.54) is 18.9 Å². The summed E-state index contributed by atoms with van der Waals surface area (Å²) >= 11 is 5.52. The summed E-state index contributed by atoms with van der Waals surface area (Å²) in [6.07, 6.45) is -1.07. The molecule has 1 saturated heterocycles. The van der Waals surface area contributed by atoms with E-state index < -0.39 is 35.3 Å². The number of oxime groups is 1. The number of β-lactam (4-membered cyclic amide) rings is 1. The monoisotopic (exact) mass is 534 g/mol. The highest BCUT2D eigenvalue weighted by Gasteiger charge is 2.54. The third kappa shape index (κ3) is 4.45. The fourth-order valence-corrected chi connectivity index (χ4v) is 5.57. The van der Waals surface area contributed by atoms with Crippen molar-refractivity contribution >= 4 is 73.7 Å². The molecule has 1 aromatic rings. The number of aromatic nitrogens is 1. The molecule has 0 bridgehead atoms. The van der Waals surface area contributed by atoms with Gasteiger partial charge in [0.05, 0.1) is 0 Å². The second kappa shape index (κ2) is 9.11. The Bertz CT molecular complexity index is 1030. The molecule has 16 heteroatoms. The van der Waals surface area contributed by atoms with E-state index in [9.17, 15) is 24.3 Å². The van der Waals surface area contributed by atoms with Crippen molar-refractivity contribution in [3.05, 3.63) is 20.8 Å². The Morgan fingerprint density at radius 2 is 2.16 bits per heavy atom. The number of ether oxygens (including phenoxy) is 1.